The lowest BCUT2D eigenvalue weighted by atomic mass is 10.2. The number of carbonyl (C=O) groups is 1. The third-order valence-corrected chi connectivity index (χ3v) is 3.43. The van der Waals surface area contributed by atoms with Crippen LogP contribution in [0.4, 0.5) is 0 Å². The first-order valence-corrected chi connectivity index (χ1v) is 7.38. The first-order chi connectivity index (χ1) is 11.1. The van der Waals surface area contributed by atoms with Gasteiger partial charge in [-0.05, 0) is 36.8 Å². The summed E-state index contributed by atoms with van der Waals surface area (Å²) in [6, 6.07) is 8.90. The van der Waals surface area contributed by atoms with E-state index in [4.69, 9.17) is 13.9 Å². The number of nitrogens with one attached hydrogen (secondary N) is 2. The van der Waals surface area contributed by atoms with Gasteiger partial charge in [-0.3, -0.25) is 4.79 Å². The fourth-order valence-electron chi connectivity index (χ4n) is 2.07. The van der Waals surface area contributed by atoms with E-state index in [0.717, 1.165) is 22.8 Å². The molecule has 1 heterocycles. The second-order valence-corrected chi connectivity index (χ2v) is 5.12. The molecule has 1 atom stereocenters. The summed E-state index contributed by atoms with van der Waals surface area (Å²) >= 11 is 0. The smallest absolute Gasteiger partial charge is 0.237 e. The average molecular weight is 318 g/mol. The molecule has 2 N–H and O–H groups in total. The lowest BCUT2D eigenvalue weighted by Gasteiger charge is -2.14. The Morgan fingerprint density at radius 2 is 1.87 bits per heavy atom. The Morgan fingerprint density at radius 3 is 2.43 bits per heavy atom. The Balaban J connectivity index is 1.85. The van der Waals surface area contributed by atoms with Crippen LogP contribution in [0.2, 0.25) is 0 Å². The molecule has 0 fully saturated rings. The van der Waals surface area contributed by atoms with Gasteiger partial charge in [0.2, 0.25) is 5.91 Å². The van der Waals surface area contributed by atoms with Crippen molar-refractivity contribution in [1.29, 1.82) is 0 Å². The van der Waals surface area contributed by atoms with E-state index in [1.165, 1.54) is 0 Å². The van der Waals surface area contributed by atoms with Crippen LogP contribution in [0, 0.1) is 0 Å². The molecule has 1 aromatic heterocycles. The van der Waals surface area contributed by atoms with Crippen LogP contribution in [0.3, 0.4) is 0 Å². The molecule has 124 valence electrons. The number of furan rings is 1. The van der Waals surface area contributed by atoms with Crippen LogP contribution in [-0.2, 0) is 17.9 Å². The molecule has 1 aromatic carbocycles. The predicted molar refractivity (Wildman–Crippen MR) is 86.4 cm³/mol. The molecule has 0 spiro atoms. The fraction of sp³-hybridized carbons (Fsp3) is 0.353. The molecule has 2 rings (SSSR count). The van der Waals surface area contributed by atoms with Gasteiger partial charge in [0.1, 0.15) is 17.3 Å². The maximum atomic E-state index is 12.0. The zero-order valence-electron chi connectivity index (χ0n) is 13.6. The zero-order valence-corrected chi connectivity index (χ0v) is 13.6. The third-order valence-electron chi connectivity index (χ3n) is 3.43. The van der Waals surface area contributed by atoms with Crippen molar-refractivity contribution in [2.24, 2.45) is 0 Å². The van der Waals surface area contributed by atoms with E-state index in [2.05, 4.69) is 10.6 Å². The van der Waals surface area contributed by atoms with Crippen LogP contribution >= 0.6 is 0 Å². The molecule has 6 heteroatoms. The molecular weight excluding hydrogens is 296 g/mol. The van der Waals surface area contributed by atoms with E-state index < -0.39 is 0 Å². The van der Waals surface area contributed by atoms with Crippen LogP contribution in [-0.4, -0.2) is 26.2 Å². The normalized spacial score (nSPS) is 11.8. The number of benzene rings is 1. The highest BCUT2D eigenvalue weighted by molar-refractivity contribution is 5.81. The Kier molecular flexibility index (Phi) is 6.05. The lowest BCUT2D eigenvalue weighted by molar-refractivity contribution is -0.123. The molecule has 1 unspecified atom stereocenters. The standard InChI is InChI=1S/C17H22N2O4/c1-12(17(20)19-11-14-5-4-6-23-14)18-10-13-7-15(21-2)9-16(8-13)22-3/h4-9,12,18H,10-11H2,1-3H3,(H,19,20). The SMILES string of the molecule is COc1cc(CNC(C)C(=O)NCc2ccco2)cc(OC)c1. The minimum absolute atomic E-state index is 0.0868. The summed E-state index contributed by atoms with van der Waals surface area (Å²) in [5.74, 6) is 2.08. The van der Waals surface area contributed by atoms with Crippen LogP contribution < -0.4 is 20.1 Å². The van der Waals surface area contributed by atoms with Crippen LogP contribution in [0.5, 0.6) is 11.5 Å². The first kappa shape index (κ1) is 16.9. The van der Waals surface area contributed by atoms with Gasteiger partial charge in [-0.2, -0.15) is 0 Å². The van der Waals surface area contributed by atoms with Crippen molar-refractivity contribution in [3.8, 4) is 11.5 Å². The maximum Gasteiger partial charge on any atom is 0.237 e. The van der Waals surface area contributed by atoms with Crippen molar-refractivity contribution in [1.82, 2.24) is 10.6 Å². The molecule has 0 saturated carbocycles. The van der Waals surface area contributed by atoms with Crippen LogP contribution in [0.1, 0.15) is 18.2 Å². The van der Waals surface area contributed by atoms with E-state index in [0.29, 0.717) is 13.1 Å². The molecule has 6 nitrogen and oxygen atoms in total. The van der Waals surface area contributed by atoms with Gasteiger partial charge >= 0.3 is 0 Å². The summed E-state index contributed by atoms with van der Waals surface area (Å²) in [4.78, 5) is 12.0. The van der Waals surface area contributed by atoms with Gasteiger partial charge in [0.05, 0.1) is 33.1 Å². The molecular formula is C17H22N2O4. The van der Waals surface area contributed by atoms with Crippen molar-refractivity contribution < 1.29 is 18.7 Å². The van der Waals surface area contributed by atoms with Gasteiger partial charge in [-0.25, -0.2) is 0 Å². The van der Waals surface area contributed by atoms with Crippen molar-refractivity contribution in [3.05, 3.63) is 47.9 Å². The highest BCUT2D eigenvalue weighted by Gasteiger charge is 2.12. The molecule has 23 heavy (non-hydrogen) atoms. The topological polar surface area (TPSA) is 72.7 Å². The Labute approximate surface area is 135 Å². The van der Waals surface area contributed by atoms with Gasteiger partial charge in [-0.1, -0.05) is 0 Å². The van der Waals surface area contributed by atoms with Crippen LogP contribution in [0.25, 0.3) is 0 Å². The zero-order chi connectivity index (χ0) is 16.7. The largest absolute Gasteiger partial charge is 0.497 e. The van der Waals surface area contributed by atoms with Crippen molar-refractivity contribution in [3.63, 3.8) is 0 Å². The summed E-state index contributed by atoms with van der Waals surface area (Å²) in [6.45, 7) is 2.72. The Bertz CT molecular complexity index is 603. The van der Waals surface area contributed by atoms with Gasteiger partial charge in [-0.15, -0.1) is 0 Å². The van der Waals surface area contributed by atoms with E-state index in [-0.39, 0.29) is 11.9 Å². The molecule has 0 saturated heterocycles. The number of hydrogen-bond donors (Lipinski definition) is 2. The number of ether oxygens (including phenoxy) is 2. The number of hydrogen-bond acceptors (Lipinski definition) is 5. The van der Waals surface area contributed by atoms with E-state index in [9.17, 15) is 4.79 Å². The number of rotatable bonds is 8. The fourth-order valence-corrected chi connectivity index (χ4v) is 2.07. The van der Waals surface area contributed by atoms with Crippen molar-refractivity contribution in [2.75, 3.05) is 14.2 Å². The summed E-state index contributed by atoms with van der Waals surface area (Å²) in [6.07, 6.45) is 1.58. The maximum absolute atomic E-state index is 12.0. The highest BCUT2D eigenvalue weighted by atomic mass is 16.5. The van der Waals surface area contributed by atoms with E-state index in [1.807, 2.05) is 31.2 Å². The molecule has 2 aromatic rings. The molecule has 1 amide bonds. The third kappa shape index (κ3) is 5.03. The molecule has 0 aliphatic carbocycles. The second kappa shape index (κ2) is 8.24. The van der Waals surface area contributed by atoms with Gasteiger partial charge in [0.25, 0.3) is 0 Å². The minimum atomic E-state index is -0.331. The Morgan fingerprint density at radius 1 is 1.17 bits per heavy atom. The summed E-state index contributed by atoms with van der Waals surface area (Å²) in [5, 5.41) is 6.00. The summed E-state index contributed by atoms with van der Waals surface area (Å²) in [5.41, 5.74) is 0.979. The lowest BCUT2D eigenvalue weighted by Crippen LogP contribution is -2.41. The monoisotopic (exact) mass is 318 g/mol. The number of carbonyl (C=O) groups excluding carboxylic acids is 1. The van der Waals surface area contributed by atoms with Crippen molar-refractivity contribution >= 4 is 5.91 Å². The molecule has 0 radical (unpaired) electrons. The highest BCUT2D eigenvalue weighted by Crippen LogP contribution is 2.22. The average Bonchev–Trinajstić information content (AvgIpc) is 3.10. The molecule has 0 bridgehead atoms. The predicted octanol–water partition coefficient (Wildman–Crippen LogP) is 2.09. The minimum Gasteiger partial charge on any atom is -0.497 e. The van der Waals surface area contributed by atoms with Gasteiger partial charge in [0, 0.05) is 12.6 Å². The number of amides is 1. The molecule has 0 aliphatic heterocycles. The van der Waals surface area contributed by atoms with Crippen molar-refractivity contribution in [2.45, 2.75) is 26.1 Å². The van der Waals surface area contributed by atoms with Gasteiger partial charge < -0.3 is 24.5 Å². The summed E-state index contributed by atoms with van der Waals surface area (Å²) in [7, 11) is 3.22. The van der Waals surface area contributed by atoms with Gasteiger partial charge in [0.15, 0.2) is 0 Å². The second-order valence-electron chi connectivity index (χ2n) is 5.12. The van der Waals surface area contributed by atoms with E-state index in [1.54, 1.807) is 26.5 Å². The number of methoxy groups -OCH3 is 2. The quantitative estimate of drug-likeness (QED) is 0.780. The Hall–Kier alpha value is -2.47. The van der Waals surface area contributed by atoms with Crippen LogP contribution in [0.15, 0.2) is 41.0 Å². The summed E-state index contributed by atoms with van der Waals surface area (Å²) < 4.78 is 15.6. The molecule has 0 aliphatic rings. The first-order valence-electron chi connectivity index (χ1n) is 7.38. The van der Waals surface area contributed by atoms with E-state index >= 15 is 0 Å².